The molecule has 0 aliphatic carbocycles. The van der Waals surface area contributed by atoms with E-state index in [1.165, 1.54) is 51.4 Å². The zero-order valence-corrected chi connectivity index (χ0v) is 10.7. The van der Waals surface area contributed by atoms with E-state index in [1.54, 1.807) is 0 Å². The van der Waals surface area contributed by atoms with Gasteiger partial charge in [-0.25, -0.2) is 5.32 Å². The number of nitrogens with zero attached hydrogens (tertiary/aromatic N) is 1. The van der Waals surface area contributed by atoms with Crippen LogP contribution in [-0.2, 0) is 0 Å². The molecule has 0 aromatic carbocycles. The molecule has 0 aromatic rings. The van der Waals surface area contributed by atoms with Crippen LogP contribution < -0.4 is 5.32 Å². The van der Waals surface area contributed by atoms with Gasteiger partial charge in [0.1, 0.15) is 0 Å². The highest BCUT2D eigenvalue weighted by Gasteiger charge is 1.89. The highest BCUT2D eigenvalue weighted by Crippen LogP contribution is 2.04. The van der Waals surface area contributed by atoms with E-state index in [2.05, 4.69) is 31.3 Å². The van der Waals surface area contributed by atoms with Gasteiger partial charge in [0, 0.05) is 13.1 Å². The van der Waals surface area contributed by atoms with Gasteiger partial charge in [0.05, 0.1) is 0 Å². The van der Waals surface area contributed by atoms with Crippen LogP contribution in [0, 0.1) is 0 Å². The Labute approximate surface area is 96.3 Å². The van der Waals surface area contributed by atoms with Gasteiger partial charge in [0.15, 0.2) is 0 Å². The van der Waals surface area contributed by atoms with E-state index in [0.717, 1.165) is 13.1 Å². The van der Waals surface area contributed by atoms with E-state index in [1.807, 2.05) is 0 Å². The molecule has 1 nitrogen and oxygen atoms in total. The maximum absolute atomic E-state index is 4.47. The minimum absolute atomic E-state index is 0.926. The van der Waals surface area contributed by atoms with Crippen LogP contribution in [0.25, 0.3) is 0 Å². The summed E-state index contributed by atoms with van der Waals surface area (Å²) < 4.78 is 0. The topological polar surface area (TPSA) is 14.1 Å². The van der Waals surface area contributed by atoms with Gasteiger partial charge >= 0.3 is 0 Å². The third kappa shape index (κ3) is 13.7. The van der Waals surface area contributed by atoms with E-state index < -0.39 is 0 Å². The van der Waals surface area contributed by atoms with E-state index >= 15 is 0 Å². The number of rotatable bonds is 11. The lowest BCUT2D eigenvalue weighted by Crippen LogP contribution is -2.06. The van der Waals surface area contributed by atoms with Gasteiger partial charge < -0.3 is 0 Å². The molecule has 0 saturated heterocycles. The van der Waals surface area contributed by atoms with Gasteiger partial charge in [-0.1, -0.05) is 64.5 Å². The largest absolute Gasteiger partial charge is 0.238 e. The molecule has 89 valence electrons. The Kier molecular flexibility index (Phi) is 13.4. The number of hydrogen-bond donors (Lipinski definition) is 0. The fourth-order valence-electron chi connectivity index (χ4n) is 1.53. The second kappa shape index (κ2) is 13.7. The summed E-state index contributed by atoms with van der Waals surface area (Å²) in [7, 11) is 0. The van der Waals surface area contributed by atoms with Gasteiger partial charge in [0.25, 0.3) is 0 Å². The lowest BCUT2D eigenvalue weighted by molar-refractivity contribution is 0.581. The summed E-state index contributed by atoms with van der Waals surface area (Å²) in [6.07, 6.45) is 15.1. The molecule has 0 saturated carbocycles. The lowest BCUT2D eigenvalue weighted by Gasteiger charge is -2.00. The first-order chi connectivity index (χ1) is 7.41. The zero-order chi connectivity index (χ0) is 11.2. The minimum atomic E-state index is 0.926. The Bertz CT molecular complexity index is 129. The molecule has 0 spiro atoms. The van der Waals surface area contributed by atoms with Crippen molar-refractivity contribution in [3.8, 4) is 0 Å². The predicted octanol–water partition coefficient (Wildman–Crippen LogP) is 4.31. The molecule has 0 N–H and O–H groups in total. The molecule has 0 rings (SSSR count). The minimum Gasteiger partial charge on any atom is -0.238 e. The third-order valence-corrected chi connectivity index (χ3v) is 2.53. The van der Waals surface area contributed by atoms with Crippen molar-refractivity contribution in [1.82, 2.24) is 5.32 Å². The van der Waals surface area contributed by atoms with Crippen molar-refractivity contribution in [2.45, 2.75) is 65.2 Å². The molecule has 0 amide bonds. The summed E-state index contributed by atoms with van der Waals surface area (Å²) in [6, 6.07) is 0. The molecular formula is C14H28N. The monoisotopic (exact) mass is 210 g/mol. The zero-order valence-electron chi connectivity index (χ0n) is 10.7. The predicted molar refractivity (Wildman–Crippen MR) is 69.3 cm³/mol. The molecule has 0 heterocycles. The van der Waals surface area contributed by atoms with Gasteiger partial charge in [-0.05, 0) is 12.8 Å². The molecule has 1 heteroatoms. The quantitative estimate of drug-likeness (QED) is 0.356. The fraction of sp³-hybridized carbons (Fsp3) is 0.857. The highest BCUT2D eigenvalue weighted by molar-refractivity contribution is 4.82. The van der Waals surface area contributed by atoms with Crippen LogP contribution in [0.2, 0.25) is 0 Å². The van der Waals surface area contributed by atoms with Crippen molar-refractivity contribution >= 4 is 0 Å². The molecule has 0 bridgehead atoms. The molecule has 0 aliphatic heterocycles. The van der Waals surface area contributed by atoms with Crippen LogP contribution in [0.15, 0.2) is 12.2 Å². The first-order valence-electron chi connectivity index (χ1n) is 6.70. The van der Waals surface area contributed by atoms with E-state index in [-0.39, 0.29) is 0 Å². The van der Waals surface area contributed by atoms with Gasteiger partial charge in [-0.3, -0.25) is 0 Å². The van der Waals surface area contributed by atoms with Crippen LogP contribution in [0.3, 0.4) is 0 Å². The maximum atomic E-state index is 4.47. The Morgan fingerprint density at radius 3 is 2.27 bits per heavy atom. The molecule has 0 unspecified atom stereocenters. The number of allylic oxidation sites excluding steroid dienone is 1. The summed E-state index contributed by atoms with van der Waals surface area (Å²) in [5, 5.41) is 4.47. The standard InChI is InChI=1S/C14H28N/c1-3-5-7-9-10-12-14-15-13-11-8-6-4-2/h8,11H,3-7,9-10,12-14H2,1-2H3. The summed E-state index contributed by atoms with van der Waals surface area (Å²) in [5.74, 6) is 0. The lowest BCUT2D eigenvalue weighted by atomic mass is 10.1. The Hall–Kier alpha value is -0.300. The van der Waals surface area contributed by atoms with Gasteiger partial charge in [-0.15, -0.1) is 0 Å². The van der Waals surface area contributed by atoms with Gasteiger partial charge in [-0.2, -0.15) is 0 Å². The third-order valence-electron chi connectivity index (χ3n) is 2.53. The molecule has 0 fully saturated rings. The Balaban J connectivity index is 2.92. The maximum Gasteiger partial charge on any atom is 0.0314 e. The molecular weight excluding hydrogens is 182 g/mol. The van der Waals surface area contributed by atoms with Crippen molar-refractivity contribution in [3.63, 3.8) is 0 Å². The van der Waals surface area contributed by atoms with E-state index in [0.29, 0.717) is 0 Å². The molecule has 1 radical (unpaired) electrons. The number of unbranched alkanes of at least 4 members (excludes halogenated alkanes) is 6. The van der Waals surface area contributed by atoms with Crippen LogP contribution >= 0.6 is 0 Å². The summed E-state index contributed by atoms with van der Waals surface area (Å²) in [4.78, 5) is 0. The smallest absolute Gasteiger partial charge is 0.0314 e. The van der Waals surface area contributed by atoms with Crippen LogP contribution in [0.5, 0.6) is 0 Å². The van der Waals surface area contributed by atoms with Gasteiger partial charge in [0.2, 0.25) is 0 Å². The first kappa shape index (κ1) is 14.7. The van der Waals surface area contributed by atoms with Crippen molar-refractivity contribution in [1.29, 1.82) is 0 Å². The summed E-state index contributed by atoms with van der Waals surface area (Å²) in [5.41, 5.74) is 0. The Morgan fingerprint density at radius 2 is 1.53 bits per heavy atom. The average Bonchev–Trinajstić information content (AvgIpc) is 2.26. The second-order valence-corrected chi connectivity index (χ2v) is 4.16. The van der Waals surface area contributed by atoms with E-state index in [9.17, 15) is 0 Å². The highest BCUT2D eigenvalue weighted by atomic mass is 14.8. The number of hydrogen-bond acceptors (Lipinski definition) is 0. The second-order valence-electron chi connectivity index (χ2n) is 4.16. The summed E-state index contributed by atoms with van der Waals surface area (Å²) in [6.45, 7) is 6.45. The van der Waals surface area contributed by atoms with Crippen molar-refractivity contribution in [3.05, 3.63) is 12.2 Å². The Morgan fingerprint density at radius 1 is 0.800 bits per heavy atom. The normalized spacial score (nSPS) is 11.3. The van der Waals surface area contributed by atoms with Crippen molar-refractivity contribution < 1.29 is 0 Å². The van der Waals surface area contributed by atoms with Crippen LogP contribution in [0.1, 0.15) is 65.2 Å². The van der Waals surface area contributed by atoms with Crippen LogP contribution in [0.4, 0.5) is 0 Å². The van der Waals surface area contributed by atoms with Crippen molar-refractivity contribution in [2.75, 3.05) is 13.1 Å². The van der Waals surface area contributed by atoms with Crippen molar-refractivity contribution in [2.24, 2.45) is 0 Å². The molecule has 15 heavy (non-hydrogen) atoms. The fourth-order valence-corrected chi connectivity index (χ4v) is 1.53. The first-order valence-corrected chi connectivity index (χ1v) is 6.70. The van der Waals surface area contributed by atoms with Crippen LogP contribution in [-0.4, -0.2) is 13.1 Å². The van der Waals surface area contributed by atoms with E-state index in [4.69, 9.17) is 0 Å². The SMILES string of the molecule is CCCC=CC[N]CCCCCCCC. The average molecular weight is 210 g/mol. The molecule has 0 aromatic heterocycles. The summed E-state index contributed by atoms with van der Waals surface area (Å²) >= 11 is 0. The molecule has 0 aliphatic rings. The molecule has 0 atom stereocenters.